The van der Waals surface area contributed by atoms with E-state index < -0.39 is 0 Å². The van der Waals surface area contributed by atoms with Crippen LogP contribution in [-0.4, -0.2) is 63.3 Å². The Morgan fingerprint density at radius 3 is 2.40 bits per heavy atom. The largest absolute Gasteiger partial charge is 0.377 e. The van der Waals surface area contributed by atoms with E-state index in [1.54, 1.807) is 18.5 Å². The van der Waals surface area contributed by atoms with Crippen molar-refractivity contribution in [1.29, 1.82) is 0 Å². The van der Waals surface area contributed by atoms with Gasteiger partial charge < -0.3 is 15.1 Å². The molecule has 1 atom stereocenters. The van der Waals surface area contributed by atoms with Crippen molar-refractivity contribution < 1.29 is 4.39 Å². The molecule has 0 amide bonds. The predicted octanol–water partition coefficient (Wildman–Crippen LogP) is 6.11. The number of likely N-dealkylation sites (N-methyl/N-ethyl adjacent to an activating group) is 1. The Morgan fingerprint density at radius 1 is 0.950 bits per heavy atom. The number of hydrogen-bond donors (Lipinski definition) is 2. The van der Waals surface area contributed by atoms with Gasteiger partial charge in [-0.15, -0.1) is 0 Å². The maximum Gasteiger partial charge on any atom is 0.225 e. The molecule has 2 aromatic carbocycles. The van der Waals surface area contributed by atoms with Gasteiger partial charge in [0.25, 0.3) is 0 Å². The third-order valence-corrected chi connectivity index (χ3v) is 7.97. The SMILES string of the molecule is Cc1nc2ccc(-c3cnc(N4CCN(C)CC4)nc3)cc2c(N[C@H](C)c2cc(-c3cn[nH]c3)ccc2F)c1Cl. The fraction of sp³-hybridized carbons (Fsp3) is 0.267. The van der Waals surface area contributed by atoms with Gasteiger partial charge in [-0.1, -0.05) is 23.7 Å². The number of nitrogens with one attached hydrogen (secondary N) is 2. The van der Waals surface area contributed by atoms with Gasteiger partial charge in [-0.25, -0.2) is 14.4 Å². The van der Waals surface area contributed by atoms with E-state index in [0.29, 0.717) is 22.0 Å². The molecular formula is C30H30ClFN8. The van der Waals surface area contributed by atoms with Crippen LogP contribution in [0.3, 0.4) is 0 Å². The number of rotatable bonds is 6. The summed E-state index contributed by atoms with van der Waals surface area (Å²) in [4.78, 5) is 18.5. The van der Waals surface area contributed by atoms with E-state index in [4.69, 9.17) is 16.6 Å². The lowest BCUT2D eigenvalue weighted by Gasteiger charge is -2.32. The molecule has 0 unspecified atom stereocenters. The minimum atomic E-state index is -0.371. The molecule has 1 aliphatic rings. The number of piperazine rings is 1. The molecule has 1 fully saturated rings. The summed E-state index contributed by atoms with van der Waals surface area (Å²) in [6.45, 7) is 7.60. The van der Waals surface area contributed by atoms with Gasteiger partial charge >= 0.3 is 0 Å². The molecule has 40 heavy (non-hydrogen) atoms. The monoisotopic (exact) mass is 556 g/mol. The number of hydrogen-bond acceptors (Lipinski definition) is 7. The summed E-state index contributed by atoms with van der Waals surface area (Å²) < 4.78 is 15.0. The zero-order chi connectivity index (χ0) is 27.8. The van der Waals surface area contributed by atoms with E-state index in [1.807, 2.05) is 50.5 Å². The van der Waals surface area contributed by atoms with Crippen molar-refractivity contribution in [2.75, 3.05) is 43.4 Å². The Kier molecular flexibility index (Phi) is 7.08. The molecule has 204 valence electrons. The van der Waals surface area contributed by atoms with Crippen LogP contribution < -0.4 is 10.2 Å². The molecule has 2 N–H and O–H groups in total. The molecule has 0 spiro atoms. The molecule has 0 radical (unpaired) electrons. The summed E-state index contributed by atoms with van der Waals surface area (Å²) in [6, 6.07) is 10.7. The van der Waals surface area contributed by atoms with Crippen LogP contribution in [0.15, 0.2) is 61.2 Å². The van der Waals surface area contributed by atoms with E-state index in [1.165, 1.54) is 6.07 Å². The second-order valence-corrected chi connectivity index (χ2v) is 10.6. The summed E-state index contributed by atoms with van der Waals surface area (Å²) in [5.74, 6) is 0.450. The number of benzene rings is 2. The number of nitrogens with zero attached hydrogens (tertiary/aromatic N) is 6. The van der Waals surface area contributed by atoms with Crippen molar-refractivity contribution >= 4 is 34.1 Å². The van der Waals surface area contributed by atoms with Crippen LogP contribution in [0.1, 0.15) is 24.2 Å². The molecule has 5 aromatic rings. The van der Waals surface area contributed by atoms with Gasteiger partial charge in [0.2, 0.25) is 5.95 Å². The average Bonchev–Trinajstić information content (AvgIpc) is 3.51. The summed E-state index contributed by atoms with van der Waals surface area (Å²) in [6.07, 6.45) is 7.22. The Bertz CT molecular complexity index is 1650. The standard InChI is InChI=1S/C30H30ClFN8/c1-18(24-12-20(4-6-26(24)32)23-16-35-36-17-23)38-29-25-13-21(5-7-27(25)37-19(2)28(29)31)22-14-33-30(34-15-22)40-10-8-39(3)9-11-40/h4-7,12-18H,8-11H2,1-3H3,(H,35,36)(H,37,38)/t18-/m1/s1. The first-order chi connectivity index (χ1) is 19.4. The zero-order valence-electron chi connectivity index (χ0n) is 22.6. The van der Waals surface area contributed by atoms with Crippen LogP contribution in [0.2, 0.25) is 5.02 Å². The lowest BCUT2D eigenvalue weighted by molar-refractivity contribution is 0.311. The number of aryl methyl sites for hydroxylation is 1. The summed E-state index contributed by atoms with van der Waals surface area (Å²) in [5, 5.41) is 11.6. The highest BCUT2D eigenvalue weighted by atomic mass is 35.5. The Labute approximate surface area is 237 Å². The van der Waals surface area contributed by atoms with Crippen molar-refractivity contribution in [3.63, 3.8) is 0 Å². The second kappa shape index (κ2) is 10.8. The topological polar surface area (TPSA) is 85.9 Å². The van der Waals surface area contributed by atoms with Crippen LogP contribution >= 0.6 is 11.6 Å². The van der Waals surface area contributed by atoms with Gasteiger partial charge in [-0.2, -0.15) is 5.10 Å². The fourth-order valence-corrected chi connectivity index (χ4v) is 5.28. The van der Waals surface area contributed by atoms with Gasteiger partial charge in [0, 0.05) is 66.8 Å². The van der Waals surface area contributed by atoms with Crippen LogP contribution in [0.25, 0.3) is 33.2 Å². The van der Waals surface area contributed by atoms with Crippen molar-refractivity contribution in [1.82, 2.24) is 30.0 Å². The van der Waals surface area contributed by atoms with Crippen molar-refractivity contribution in [2.24, 2.45) is 0 Å². The molecule has 0 bridgehead atoms. The van der Waals surface area contributed by atoms with Gasteiger partial charge in [-0.3, -0.25) is 10.1 Å². The zero-order valence-corrected chi connectivity index (χ0v) is 23.4. The number of H-pyrrole nitrogens is 1. The van der Waals surface area contributed by atoms with E-state index in [0.717, 1.165) is 65.3 Å². The Morgan fingerprint density at radius 2 is 1.68 bits per heavy atom. The second-order valence-electron chi connectivity index (χ2n) is 10.3. The first-order valence-corrected chi connectivity index (χ1v) is 13.7. The van der Waals surface area contributed by atoms with E-state index >= 15 is 4.39 Å². The van der Waals surface area contributed by atoms with Gasteiger partial charge in [-0.05, 0) is 56.3 Å². The fourth-order valence-electron chi connectivity index (χ4n) is 5.08. The van der Waals surface area contributed by atoms with E-state index in [9.17, 15) is 0 Å². The van der Waals surface area contributed by atoms with Crippen molar-refractivity contribution in [3.05, 3.63) is 83.3 Å². The highest BCUT2D eigenvalue weighted by Gasteiger charge is 2.19. The van der Waals surface area contributed by atoms with Crippen LogP contribution in [0.5, 0.6) is 0 Å². The quantitative estimate of drug-likeness (QED) is 0.261. The molecule has 0 saturated carbocycles. The number of fused-ring (bicyclic) bond motifs is 1. The molecule has 1 saturated heterocycles. The van der Waals surface area contributed by atoms with Gasteiger partial charge in [0.05, 0.1) is 34.2 Å². The molecule has 3 aromatic heterocycles. The normalized spacial score (nSPS) is 15.0. The maximum absolute atomic E-state index is 15.0. The van der Waals surface area contributed by atoms with E-state index in [2.05, 4.69) is 42.3 Å². The Balaban J connectivity index is 1.33. The number of aromatic nitrogens is 5. The van der Waals surface area contributed by atoms with E-state index in [-0.39, 0.29) is 11.9 Å². The molecule has 10 heteroatoms. The van der Waals surface area contributed by atoms with Crippen molar-refractivity contribution in [3.8, 4) is 22.3 Å². The lowest BCUT2D eigenvalue weighted by atomic mass is 10.00. The minimum Gasteiger partial charge on any atom is -0.377 e. The van der Waals surface area contributed by atoms with Crippen LogP contribution in [-0.2, 0) is 0 Å². The summed E-state index contributed by atoms with van der Waals surface area (Å²) >= 11 is 6.81. The molecule has 6 rings (SSSR count). The Hall–Kier alpha value is -4.08. The molecule has 1 aliphatic heterocycles. The highest BCUT2D eigenvalue weighted by Crippen LogP contribution is 2.37. The summed E-state index contributed by atoms with van der Waals surface area (Å²) in [7, 11) is 2.13. The maximum atomic E-state index is 15.0. The molecule has 4 heterocycles. The predicted molar refractivity (Wildman–Crippen MR) is 158 cm³/mol. The third kappa shape index (κ3) is 5.10. The number of aromatic amines is 1. The molecule has 8 nitrogen and oxygen atoms in total. The molecular weight excluding hydrogens is 527 g/mol. The minimum absolute atomic E-state index is 0.295. The smallest absolute Gasteiger partial charge is 0.225 e. The van der Waals surface area contributed by atoms with Crippen molar-refractivity contribution in [2.45, 2.75) is 19.9 Å². The van der Waals surface area contributed by atoms with Gasteiger partial charge in [0.1, 0.15) is 5.82 Å². The van der Waals surface area contributed by atoms with Gasteiger partial charge in [0.15, 0.2) is 0 Å². The molecule has 0 aliphatic carbocycles. The number of pyridine rings is 1. The summed E-state index contributed by atoms with van der Waals surface area (Å²) in [5.41, 5.74) is 6.34. The van der Waals surface area contributed by atoms with Crippen LogP contribution in [0, 0.1) is 12.7 Å². The lowest BCUT2D eigenvalue weighted by Crippen LogP contribution is -2.45. The van der Waals surface area contributed by atoms with Crippen LogP contribution in [0.4, 0.5) is 16.0 Å². The third-order valence-electron chi connectivity index (χ3n) is 7.50. The highest BCUT2D eigenvalue weighted by molar-refractivity contribution is 6.35. The first kappa shape index (κ1) is 26.2. The number of halogens is 2. The first-order valence-electron chi connectivity index (χ1n) is 13.3. The number of anilines is 2. The average molecular weight is 557 g/mol.